The quantitative estimate of drug-likeness (QED) is 0.748. The fraction of sp³-hybridized carbons (Fsp3) is 0.125. The fourth-order valence-electron chi connectivity index (χ4n) is 3.94. The normalized spacial score (nSPS) is 19.0. The summed E-state index contributed by atoms with van der Waals surface area (Å²) in [6, 6.07) is 14.3. The Morgan fingerprint density at radius 2 is 2.00 bits per heavy atom. The molecule has 2 aromatic carbocycles. The number of hydrogen-bond acceptors (Lipinski definition) is 4. The number of nitrogens with zero attached hydrogens (tertiary/aromatic N) is 1. The first-order valence-corrected chi connectivity index (χ1v) is 9.67. The molecule has 144 valence electrons. The Morgan fingerprint density at radius 3 is 2.79 bits per heavy atom. The monoisotopic (exact) mass is 382 g/mol. The molecule has 1 atom stereocenters. The largest absolute Gasteiger partial charge is 0.365 e. The maximum Gasteiger partial charge on any atom is 0.251 e. The second-order valence-electron chi connectivity index (χ2n) is 7.50. The molecule has 2 aromatic rings. The number of fused-ring (bicyclic) bond motifs is 2. The lowest BCUT2D eigenvalue weighted by Gasteiger charge is -2.33. The SMILES string of the molecule is C=C(C)c1ccc(NC2=CC=C(c3ccc4c(c3)CNC4=O)N3C=CNC23)cc1. The van der Waals surface area contributed by atoms with Gasteiger partial charge in [0, 0.05) is 30.2 Å². The number of rotatable bonds is 4. The Kier molecular flexibility index (Phi) is 4.02. The Hall–Kier alpha value is -3.73. The summed E-state index contributed by atoms with van der Waals surface area (Å²) >= 11 is 0. The van der Waals surface area contributed by atoms with Crippen LogP contribution in [-0.2, 0) is 6.54 Å². The maximum absolute atomic E-state index is 11.8. The van der Waals surface area contributed by atoms with Crippen LogP contribution in [0.4, 0.5) is 5.69 Å². The molecule has 0 radical (unpaired) electrons. The number of amides is 1. The van der Waals surface area contributed by atoms with Crippen LogP contribution in [0.15, 0.2) is 79.3 Å². The minimum Gasteiger partial charge on any atom is -0.365 e. The van der Waals surface area contributed by atoms with Crippen molar-refractivity contribution in [1.82, 2.24) is 15.5 Å². The van der Waals surface area contributed by atoms with Crippen molar-refractivity contribution < 1.29 is 4.79 Å². The highest BCUT2D eigenvalue weighted by Gasteiger charge is 2.30. The van der Waals surface area contributed by atoms with E-state index in [0.717, 1.165) is 44.9 Å². The molecule has 0 saturated carbocycles. The molecule has 29 heavy (non-hydrogen) atoms. The zero-order valence-corrected chi connectivity index (χ0v) is 16.2. The summed E-state index contributed by atoms with van der Waals surface area (Å²) in [6.45, 7) is 6.59. The third kappa shape index (κ3) is 3.01. The Morgan fingerprint density at radius 1 is 1.17 bits per heavy atom. The smallest absolute Gasteiger partial charge is 0.251 e. The van der Waals surface area contributed by atoms with E-state index in [-0.39, 0.29) is 12.1 Å². The van der Waals surface area contributed by atoms with Gasteiger partial charge in [0.2, 0.25) is 0 Å². The van der Waals surface area contributed by atoms with E-state index in [0.29, 0.717) is 6.54 Å². The summed E-state index contributed by atoms with van der Waals surface area (Å²) in [4.78, 5) is 14.0. The molecule has 5 heteroatoms. The van der Waals surface area contributed by atoms with Gasteiger partial charge in [-0.3, -0.25) is 4.79 Å². The molecule has 3 aliphatic rings. The third-order valence-electron chi connectivity index (χ3n) is 5.51. The van der Waals surface area contributed by atoms with E-state index in [1.165, 1.54) is 0 Å². The van der Waals surface area contributed by atoms with Crippen LogP contribution in [0.2, 0.25) is 0 Å². The summed E-state index contributed by atoms with van der Waals surface area (Å²) in [7, 11) is 0. The molecule has 3 N–H and O–H groups in total. The summed E-state index contributed by atoms with van der Waals surface area (Å²) < 4.78 is 0. The molecular weight excluding hydrogens is 360 g/mol. The van der Waals surface area contributed by atoms with Crippen LogP contribution >= 0.6 is 0 Å². The predicted molar refractivity (Wildman–Crippen MR) is 116 cm³/mol. The first-order valence-electron chi connectivity index (χ1n) is 9.67. The molecule has 1 amide bonds. The second-order valence-corrected chi connectivity index (χ2v) is 7.50. The van der Waals surface area contributed by atoms with Crippen LogP contribution in [0, 0.1) is 0 Å². The van der Waals surface area contributed by atoms with E-state index < -0.39 is 0 Å². The van der Waals surface area contributed by atoms with Gasteiger partial charge in [0.05, 0.1) is 11.4 Å². The average Bonchev–Trinajstić information content (AvgIpc) is 3.36. The maximum atomic E-state index is 11.8. The molecule has 3 heterocycles. The number of anilines is 1. The predicted octanol–water partition coefficient (Wildman–Crippen LogP) is 4.02. The fourth-order valence-corrected chi connectivity index (χ4v) is 3.94. The molecule has 0 bridgehead atoms. The van der Waals surface area contributed by atoms with Crippen LogP contribution in [0.5, 0.6) is 0 Å². The molecule has 5 rings (SSSR count). The molecule has 0 aromatic heterocycles. The molecule has 0 fully saturated rings. The van der Waals surface area contributed by atoms with E-state index in [1.54, 1.807) is 0 Å². The van der Waals surface area contributed by atoms with Crippen molar-refractivity contribution in [3.8, 4) is 0 Å². The number of carbonyl (C=O) groups excluding carboxylic acids is 1. The van der Waals surface area contributed by atoms with Crippen LogP contribution in [-0.4, -0.2) is 17.0 Å². The lowest BCUT2D eigenvalue weighted by Crippen LogP contribution is -2.40. The van der Waals surface area contributed by atoms with Crippen LogP contribution in [0.1, 0.15) is 34.0 Å². The van der Waals surface area contributed by atoms with Gasteiger partial charge < -0.3 is 20.9 Å². The zero-order valence-electron chi connectivity index (χ0n) is 16.2. The molecule has 0 spiro atoms. The average molecular weight is 382 g/mol. The van der Waals surface area contributed by atoms with Crippen LogP contribution in [0.3, 0.4) is 0 Å². The topological polar surface area (TPSA) is 56.4 Å². The van der Waals surface area contributed by atoms with Gasteiger partial charge in [-0.1, -0.05) is 30.4 Å². The number of allylic oxidation sites excluding steroid dienone is 3. The lowest BCUT2D eigenvalue weighted by atomic mass is 10.0. The number of nitrogens with one attached hydrogen (secondary N) is 3. The van der Waals surface area contributed by atoms with Crippen LogP contribution in [0.25, 0.3) is 11.3 Å². The van der Waals surface area contributed by atoms with Crippen molar-refractivity contribution in [3.05, 3.63) is 102 Å². The van der Waals surface area contributed by atoms with Gasteiger partial charge in [-0.05, 0) is 60.0 Å². The van der Waals surface area contributed by atoms with E-state index in [9.17, 15) is 4.79 Å². The van der Waals surface area contributed by atoms with Gasteiger partial charge in [-0.15, -0.1) is 0 Å². The summed E-state index contributed by atoms with van der Waals surface area (Å²) in [5, 5.41) is 9.82. The first-order chi connectivity index (χ1) is 14.1. The Labute approximate surface area is 170 Å². The van der Waals surface area contributed by atoms with Crippen molar-refractivity contribution in [2.75, 3.05) is 5.32 Å². The summed E-state index contributed by atoms with van der Waals surface area (Å²) in [5.74, 6) is 0.00818. The van der Waals surface area contributed by atoms with E-state index in [4.69, 9.17) is 0 Å². The van der Waals surface area contributed by atoms with Gasteiger partial charge in [0.1, 0.15) is 6.17 Å². The van der Waals surface area contributed by atoms with Crippen molar-refractivity contribution in [2.24, 2.45) is 0 Å². The van der Waals surface area contributed by atoms with Crippen molar-refractivity contribution >= 4 is 22.9 Å². The Bertz CT molecular complexity index is 1110. The molecule has 5 nitrogen and oxygen atoms in total. The van der Waals surface area contributed by atoms with Crippen LogP contribution < -0.4 is 16.0 Å². The van der Waals surface area contributed by atoms with Crippen molar-refractivity contribution in [1.29, 1.82) is 0 Å². The zero-order chi connectivity index (χ0) is 20.0. The highest BCUT2D eigenvalue weighted by Crippen LogP contribution is 2.33. The lowest BCUT2D eigenvalue weighted by molar-refractivity contribution is 0.0966. The van der Waals surface area contributed by atoms with E-state index in [1.807, 2.05) is 31.5 Å². The Balaban J connectivity index is 1.44. The van der Waals surface area contributed by atoms with Gasteiger partial charge in [0.15, 0.2) is 0 Å². The molecule has 1 unspecified atom stereocenters. The number of hydrogen-bond donors (Lipinski definition) is 3. The minimum atomic E-state index is 0.00354. The van der Waals surface area contributed by atoms with Crippen molar-refractivity contribution in [3.63, 3.8) is 0 Å². The molecule has 0 saturated heterocycles. The van der Waals surface area contributed by atoms with Crippen molar-refractivity contribution in [2.45, 2.75) is 19.6 Å². The molecular formula is C24H22N4O. The van der Waals surface area contributed by atoms with Gasteiger partial charge in [-0.25, -0.2) is 0 Å². The van der Waals surface area contributed by atoms with Gasteiger partial charge in [-0.2, -0.15) is 0 Å². The molecule has 3 aliphatic heterocycles. The standard InChI is InChI=1S/C24H22N4O/c1-15(2)16-3-6-19(7-4-16)27-21-9-10-22(28-12-11-25-23(21)28)17-5-8-20-18(13-17)14-26-24(20)29/h3-13,23,25,27H,1,14H2,2H3,(H,26,29). The number of benzene rings is 2. The number of carbonyl (C=O) groups is 1. The summed E-state index contributed by atoms with van der Waals surface area (Å²) in [6.07, 6.45) is 8.24. The van der Waals surface area contributed by atoms with E-state index >= 15 is 0 Å². The highest BCUT2D eigenvalue weighted by molar-refractivity contribution is 5.98. The molecule has 0 aliphatic carbocycles. The highest BCUT2D eigenvalue weighted by atomic mass is 16.1. The van der Waals surface area contributed by atoms with E-state index in [2.05, 4.69) is 69.9 Å². The van der Waals surface area contributed by atoms with Gasteiger partial charge in [0.25, 0.3) is 5.91 Å². The second kappa shape index (κ2) is 6.71. The third-order valence-corrected chi connectivity index (χ3v) is 5.51. The first kappa shape index (κ1) is 17.4. The summed E-state index contributed by atoms with van der Waals surface area (Å²) in [5.41, 5.74) is 8.32. The minimum absolute atomic E-state index is 0.00354. The van der Waals surface area contributed by atoms with Gasteiger partial charge >= 0.3 is 0 Å².